The summed E-state index contributed by atoms with van der Waals surface area (Å²) in [6.07, 6.45) is 2.45. The molecule has 3 heterocycles. The highest BCUT2D eigenvalue weighted by Crippen LogP contribution is 2.32. The fourth-order valence-electron chi connectivity index (χ4n) is 3.76. The van der Waals surface area contributed by atoms with Crippen LogP contribution >= 0.6 is 0 Å². The number of fused-ring (bicyclic) bond motifs is 1. The van der Waals surface area contributed by atoms with Crippen LogP contribution in [-0.2, 0) is 15.0 Å². The van der Waals surface area contributed by atoms with E-state index in [0.29, 0.717) is 31.4 Å². The van der Waals surface area contributed by atoms with Gasteiger partial charge in [-0.3, -0.25) is 0 Å². The molecule has 2 aliphatic heterocycles. The van der Waals surface area contributed by atoms with Gasteiger partial charge in [0, 0.05) is 24.1 Å². The molecule has 1 aromatic heterocycles. The summed E-state index contributed by atoms with van der Waals surface area (Å²) >= 11 is 0. The maximum atomic E-state index is 10.1. The van der Waals surface area contributed by atoms with Gasteiger partial charge in [0.15, 0.2) is 0 Å². The van der Waals surface area contributed by atoms with Crippen LogP contribution in [0.3, 0.4) is 0 Å². The van der Waals surface area contributed by atoms with E-state index in [0.717, 1.165) is 22.3 Å². The fraction of sp³-hybridized carbons (Fsp3) is 0.450. The van der Waals surface area contributed by atoms with E-state index in [-0.39, 0.29) is 12.0 Å². The molecule has 1 saturated heterocycles. The third-order valence-corrected chi connectivity index (χ3v) is 5.45. The van der Waals surface area contributed by atoms with E-state index in [9.17, 15) is 10.3 Å². The summed E-state index contributed by atoms with van der Waals surface area (Å²) in [4.78, 5) is 8.97. The average Bonchev–Trinajstić information content (AvgIpc) is 2.93. The van der Waals surface area contributed by atoms with Gasteiger partial charge in [-0.05, 0) is 50.4 Å². The molecule has 3 N–H and O–H groups in total. The highest BCUT2D eigenvalue weighted by atomic mass is 16.5. The topological polar surface area (TPSA) is 112 Å². The molecule has 150 valence electrons. The molecule has 0 spiro atoms. The van der Waals surface area contributed by atoms with Gasteiger partial charge >= 0.3 is 7.12 Å². The molecule has 0 aliphatic carbocycles. The van der Waals surface area contributed by atoms with Crippen LogP contribution in [0, 0.1) is 24.2 Å². The van der Waals surface area contributed by atoms with E-state index in [1.165, 1.54) is 0 Å². The summed E-state index contributed by atoms with van der Waals surface area (Å²) in [7, 11) is -0.911. The summed E-state index contributed by atoms with van der Waals surface area (Å²) in [6.45, 7) is 6.86. The normalized spacial score (nSPS) is 22.7. The zero-order valence-corrected chi connectivity index (χ0v) is 16.8. The Balaban J connectivity index is 1.55. The van der Waals surface area contributed by atoms with E-state index in [2.05, 4.69) is 26.7 Å². The first-order valence-electron chi connectivity index (χ1n) is 9.72. The van der Waals surface area contributed by atoms with Crippen molar-refractivity contribution >= 4 is 30.0 Å². The van der Waals surface area contributed by atoms with Crippen LogP contribution in [-0.4, -0.2) is 41.4 Å². The van der Waals surface area contributed by atoms with Crippen molar-refractivity contribution in [1.29, 1.82) is 5.26 Å². The number of aromatic nitrogens is 2. The van der Waals surface area contributed by atoms with Crippen LogP contribution in [0.5, 0.6) is 0 Å². The molecule has 4 rings (SSSR count). The van der Waals surface area contributed by atoms with Gasteiger partial charge in [-0.1, -0.05) is 6.07 Å². The lowest BCUT2D eigenvalue weighted by molar-refractivity contribution is 0.0698. The average molecular weight is 393 g/mol. The minimum atomic E-state index is -0.911. The van der Waals surface area contributed by atoms with Crippen molar-refractivity contribution in [2.45, 2.75) is 38.8 Å². The first kappa shape index (κ1) is 19.6. The molecule has 8 nitrogen and oxygen atoms in total. The second-order valence-corrected chi connectivity index (χ2v) is 7.98. The molecule has 0 saturated carbocycles. The van der Waals surface area contributed by atoms with E-state index >= 15 is 0 Å². The summed E-state index contributed by atoms with van der Waals surface area (Å²) in [5.74, 6) is 1.01. The second kappa shape index (κ2) is 7.63. The Kier molecular flexibility index (Phi) is 5.17. The van der Waals surface area contributed by atoms with Crippen LogP contribution in [0.1, 0.15) is 31.4 Å². The molecule has 2 unspecified atom stereocenters. The number of nitrogens with one attached hydrogen (secondary N) is 2. The van der Waals surface area contributed by atoms with Gasteiger partial charge in [-0.25, -0.2) is 4.98 Å². The van der Waals surface area contributed by atoms with Gasteiger partial charge in [0.25, 0.3) is 0 Å². The standard InChI is InChI=1S/C20H24BN5O3/c1-12-10-23-19(26-18(12)25-17-11-28-7-6-13(17)9-22)24-14-4-5-16-15(8-14)20(2,3)29-21(16)27/h4-5,8,10,13,17,27H,6-7,11H2,1-3H3,(H2,23,24,25,26). The number of anilines is 3. The molecule has 1 aromatic carbocycles. The molecule has 0 bridgehead atoms. The van der Waals surface area contributed by atoms with Gasteiger partial charge in [0.05, 0.1) is 30.2 Å². The van der Waals surface area contributed by atoms with Crippen molar-refractivity contribution in [3.05, 3.63) is 35.5 Å². The minimum absolute atomic E-state index is 0.102. The molecule has 0 radical (unpaired) electrons. The third-order valence-electron chi connectivity index (χ3n) is 5.45. The van der Waals surface area contributed by atoms with Crippen molar-refractivity contribution in [2.75, 3.05) is 23.8 Å². The van der Waals surface area contributed by atoms with Crippen LogP contribution in [0.15, 0.2) is 24.4 Å². The van der Waals surface area contributed by atoms with Gasteiger partial charge in [0.1, 0.15) is 5.82 Å². The van der Waals surface area contributed by atoms with Gasteiger partial charge < -0.3 is 25.0 Å². The monoisotopic (exact) mass is 393 g/mol. The lowest BCUT2D eigenvalue weighted by Gasteiger charge is -2.28. The lowest BCUT2D eigenvalue weighted by Crippen LogP contribution is -2.38. The Hall–Kier alpha value is -2.67. The largest absolute Gasteiger partial charge is 0.492 e. The first-order valence-corrected chi connectivity index (χ1v) is 9.72. The number of hydrogen-bond donors (Lipinski definition) is 3. The summed E-state index contributed by atoms with van der Waals surface area (Å²) in [6, 6.07) is 7.91. The summed E-state index contributed by atoms with van der Waals surface area (Å²) in [5.41, 5.74) is 2.83. The Morgan fingerprint density at radius 3 is 3.00 bits per heavy atom. The number of nitriles is 1. The number of hydrogen-bond acceptors (Lipinski definition) is 8. The number of rotatable bonds is 4. The molecule has 1 fully saturated rings. The van der Waals surface area contributed by atoms with E-state index in [4.69, 9.17) is 9.39 Å². The zero-order valence-electron chi connectivity index (χ0n) is 16.8. The highest BCUT2D eigenvalue weighted by molar-refractivity contribution is 6.62. The van der Waals surface area contributed by atoms with Gasteiger partial charge in [-0.2, -0.15) is 10.2 Å². The first-order chi connectivity index (χ1) is 13.9. The number of benzene rings is 1. The van der Waals surface area contributed by atoms with E-state index < -0.39 is 12.7 Å². The molecular formula is C20H24BN5O3. The Labute approximate surface area is 170 Å². The predicted molar refractivity (Wildman–Crippen MR) is 110 cm³/mol. The van der Waals surface area contributed by atoms with Crippen LogP contribution < -0.4 is 16.1 Å². The predicted octanol–water partition coefficient (Wildman–Crippen LogP) is 1.82. The van der Waals surface area contributed by atoms with Crippen molar-refractivity contribution < 1.29 is 14.4 Å². The van der Waals surface area contributed by atoms with Crippen molar-refractivity contribution in [2.24, 2.45) is 5.92 Å². The molecular weight excluding hydrogens is 369 g/mol. The molecule has 29 heavy (non-hydrogen) atoms. The maximum absolute atomic E-state index is 10.1. The smallest absolute Gasteiger partial charge is 0.423 e. The second-order valence-electron chi connectivity index (χ2n) is 7.98. The number of nitrogens with zero attached hydrogens (tertiary/aromatic N) is 3. The van der Waals surface area contributed by atoms with Crippen LogP contribution in [0.25, 0.3) is 0 Å². The Morgan fingerprint density at radius 2 is 2.21 bits per heavy atom. The van der Waals surface area contributed by atoms with Gasteiger partial charge in [0.2, 0.25) is 5.95 Å². The lowest BCUT2D eigenvalue weighted by atomic mass is 9.78. The summed E-state index contributed by atoms with van der Waals surface area (Å²) in [5, 5.41) is 26.0. The van der Waals surface area contributed by atoms with Crippen LogP contribution in [0.4, 0.5) is 17.5 Å². The van der Waals surface area contributed by atoms with E-state index in [1.54, 1.807) is 6.20 Å². The Morgan fingerprint density at radius 1 is 1.38 bits per heavy atom. The van der Waals surface area contributed by atoms with Crippen LogP contribution in [0.2, 0.25) is 0 Å². The van der Waals surface area contributed by atoms with Crippen molar-refractivity contribution in [3.63, 3.8) is 0 Å². The third kappa shape index (κ3) is 3.92. The van der Waals surface area contributed by atoms with E-state index in [1.807, 2.05) is 39.0 Å². The van der Waals surface area contributed by atoms with Crippen molar-refractivity contribution in [1.82, 2.24) is 9.97 Å². The molecule has 2 aromatic rings. The number of aryl methyl sites for hydroxylation is 1. The fourth-order valence-corrected chi connectivity index (χ4v) is 3.76. The van der Waals surface area contributed by atoms with Gasteiger partial charge in [-0.15, -0.1) is 0 Å². The minimum Gasteiger partial charge on any atom is -0.423 e. The zero-order chi connectivity index (χ0) is 20.6. The SMILES string of the molecule is Cc1cnc(Nc2ccc3c(c2)C(C)(C)OB3O)nc1NC1COCCC1C#N. The molecule has 9 heteroatoms. The molecule has 0 amide bonds. The van der Waals surface area contributed by atoms with Crippen molar-refractivity contribution in [3.8, 4) is 6.07 Å². The molecule has 2 atom stereocenters. The molecule has 2 aliphatic rings. The Bertz CT molecular complexity index is 962. The number of ether oxygens (including phenoxy) is 1. The highest BCUT2D eigenvalue weighted by Gasteiger charge is 2.40. The summed E-state index contributed by atoms with van der Waals surface area (Å²) < 4.78 is 11.1. The maximum Gasteiger partial charge on any atom is 0.492 e. The quantitative estimate of drug-likeness (QED) is 0.675.